The zero-order chi connectivity index (χ0) is 12.5. The molecule has 3 aromatic rings. The minimum absolute atomic E-state index is 0.307. The van der Waals surface area contributed by atoms with Crippen LogP contribution in [0.2, 0.25) is 0 Å². The van der Waals surface area contributed by atoms with Crippen LogP contribution < -0.4 is 0 Å². The molecule has 0 saturated carbocycles. The molecule has 88 valence electrons. The maximum absolute atomic E-state index is 8.67. The van der Waals surface area contributed by atoms with Gasteiger partial charge in [-0.05, 0) is 13.0 Å². The van der Waals surface area contributed by atoms with Gasteiger partial charge in [-0.2, -0.15) is 5.26 Å². The van der Waals surface area contributed by atoms with Crippen LogP contribution in [-0.4, -0.2) is 15.0 Å². The van der Waals surface area contributed by atoms with Crippen LogP contribution in [0.5, 0.6) is 0 Å². The molecule has 1 aromatic carbocycles. The van der Waals surface area contributed by atoms with E-state index in [0.29, 0.717) is 12.2 Å². The number of hydrogen-bond acceptors (Lipinski definition) is 2. The Labute approximate surface area is 104 Å². The van der Waals surface area contributed by atoms with Gasteiger partial charge in [0.15, 0.2) is 0 Å². The van der Waals surface area contributed by atoms with Crippen molar-refractivity contribution in [3.8, 4) is 17.3 Å². The van der Waals surface area contributed by atoms with Gasteiger partial charge in [0.1, 0.15) is 5.82 Å². The number of rotatable bonds is 2. The minimum Gasteiger partial charge on any atom is -0.358 e. The fourth-order valence-electron chi connectivity index (χ4n) is 2.28. The Morgan fingerprint density at radius 2 is 2.11 bits per heavy atom. The zero-order valence-corrected chi connectivity index (χ0v) is 9.99. The fourth-order valence-corrected chi connectivity index (χ4v) is 2.28. The Balaban J connectivity index is 2.18. The summed E-state index contributed by atoms with van der Waals surface area (Å²) < 4.78 is 0. The van der Waals surface area contributed by atoms with Gasteiger partial charge in [0.25, 0.3) is 0 Å². The number of aromatic nitrogens is 3. The van der Waals surface area contributed by atoms with Gasteiger partial charge >= 0.3 is 0 Å². The van der Waals surface area contributed by atoms with Crippen LogP contribution in [0, 0.1) is 18.3 Å². The summed E-state index contributed by atoms with van der Waals surface area (Å²) in [7, 11) is 0. The second-order valence-corrected chi connectivity index (χ2v) is 4.25. The lowest BCUT2D eigenvalue weighted by Gasteiger charge is -1.97. The van der Waals surface area contributed by atoms with Crippen molar-refractivity contribution in [2.24, 2.45) is 0 Å². The number of nitrogens with one attached hydrogen (secondary N) is 2. The first-order chi connectivity index (χ1) is 8.79. The predicted molar refractivity (Wildman–Crippen MR) is 69.9 cm³/mol. The van der Waals surface area contributed by atoms with Crippen LogP contribution in [0.4, 0.5) is 0 Å². The Hall–Kier alpha value is -2.54. The van der Waals surface area contributed by atoms with E-state index in [0.717, 1.165) is 22.5 Å². The average Bonchev–Trinajstić information content (AvgIpc) is 2.92. The third kappa shape index (κ3) is 1.57. The Bertz CT molecular complexity index is 743. The third-order valence-corrected chi connectivity index (χ3v) is 3.04. The molecule has 0 radical (unpaired) electrons. The SMILES string of the molecule is Cc1[nH]c2ccccc2c1-c1cnc(CC#N)[nH]1. The molecule has 4 nitrogen and oxygen atoms in total. The molecule has 18 heavy (non-hydrogen) atoms. The maximum Gasteiger partial charge on any atom is 0.120 e. The molecule has 0 fully saturated rings. The molecule has 0 aliphatic rings. The van der Waals surface area contributed by atoms with E-state index in [1.165, 1.54) is 5.39 Å². The van der Waals surface area contributed by atoms with Gasteiger partial charge in [-0.3, -0.25) is 0 Å². The number of nitriles is 1. The van der Waals surface area contributed by atoms with Crippen molar-refractivity contribution in [3.63, 3.8) is 0 Å². The van der Waals surface area contributed by atoms with Crippen molar-refractivity contribution < 1.29 is 0 Å². The highest BCUT2D eigenvalue weighted by molar-refractivity contribution is 5.96. The molecule has 0 aliphatic heterocycles. The average molecular weight is 236 g/mol. The van der Waals surface area contributed by atoms with Gasteiger partial charge in [0.2, 0.25) is 0 Å². The molecule has 0 spiro atoms. The summed E-state index contributed by atoms with van der Waals surface area (Å²) in [6, 6.07) is 10.3. The van der Waals surface area contributed by atoms with Crippen molar-refractivity contribution >= 4 is 10.9 Å². The molecule has 0 saturated heterocycles. The number of imidazole rings is 1. The van der Waals surface area contributed by atoms with E-state index in [9.17, 15) is 0 Å². The van der Waals surface area contributed by atoms with Crippen LogP contribution in [0.1, 0.15) is 11.5 Å². The molecule has 2 N–H and O–H groups in total. The molecule has 4 heteroatoms. The first-order valence-corrected chi connectivity index (χ1v) is 5.78. The second-order valence-electron chi connectivity index (χ2n) is 4.25. The Morgan fingerprint density at radius 1 is 1.28 bits per heavy atom. The summed E-state index contributed by atoms with van der Waals surface area (Å²) in [4.78, 5) is 10.8. The summed E-state index contributed by atoms with van der Waals surface area (Å²) >= 11 is 0. The van der Waals surface area contributed by atoms with E-state index in [1.54, 1.807) is 6.20 Å². The number of aryl methyl sites for hydroxylation is 1. The van der Waals surface area contributed by atoms with E-state index in [1.807, 2.05) is 19.1 Å². The lowest BCUT2D eigenvalue weighted by molar-refractivity contribution is 1.06. The summed E-state index contributed by atoms with van der Waals surface area (Å²) in [6.07, 6.45) is 2.09. The van der Waals surface area contributed by atoms with E-state index < -0.39 is 0 Å². The van der Waals surface area contributed by atoms with Gasteiger partial charge in [-0.15, -0.1) is 0 Å². The normalized spacial score (nSPS) is 10.7. The second kappa shape index (κ2) is 4.04. The largest absolute Gasteiger partial charge is 0.358 e. The molecule has 0 aliphatic carbocycles. The number of para-hydroxylation sites is 1. The van der Waals surface area contributed by atoms with Crippen LogP contribution in [0.25, 0.3) is 22.2 Å². The zero-order valence-electron chi connectivity index (χ0n) is 9.99. The highest BCUT2D eigenvalue weighted by atomic mass is 14.9. The monoisotopic (exact) mass is 236 g/mol. The van der Waals surface area contributed by atoms with Crippen molar-refractivity contribution in [2.75, 3.05) is 0 Å². The Morgan fingerprint density at radius 3 is 2.94 bits per heavy atom. The van der Waals surface area contributed by atoms with Crippen LogP contribution in [0.3, 0.4) is 0 Å². The highest BCUT2D eigenvalue weighted by Crippen LogP contribution is 2.30. The number of H-pyrrole nitrogens is 2. The molecule has 2 aromatic heterocycles. The van der Waals surface area contributed by atoms with E-state index in [4.69, 9.17) is 5.26 Å². The van der Waals surface area contributed by atoms with Gasteiger partial charge in [0.05, 0.1) is 24.4 Å². The van der Waals surface area contributed by atoms with E-state index in [-0.39, 0.29) is 0 Å². The first-order valence-electron chi connectivity index (χ1n) is 5.78. The van der Waals surface area contributed by atoms with Gasteiger partial charge in [0, 0.05) is 22.2 Å². The highest BCUT2D eigenvalue weighted by Gasteiger charge is 2.12. The number of fused-ring (bicyclic) bond motifs is 1. The summed E-state index contributed by atoms with van der Waals surface area (Å²) in [6.45, 7) is 2.04. The van der Waals surface area contributed by atoms with Gasteiger partial charge in [-0.25, -0.2) is 4.98 Å². The molecular formula is C14H12N4. The van der Waals surface area contributed by atoms with Crippen molar-refractivity contribution in [1.29, 1.82) is 5.26 Å². The van der Waals surface area contributed by atoms with Crippen LogP contribution >= 0.6 is 0 Å². The van der Waals surface area contributed by atoms with E-state index in [2.05, 4.69) is 33.2 Å². The molecule has 0 amide bonds. The Kier molecular flexibility index (Phi) is 2.38. The van der Waals surface area contributed by atoms with Gasteiger partial charge < -0.3 is 9.97 Å². The molecule has 0 bridgehead atoms. The molecule has 0 unspecified atom stereocenters. The molecule has 2 heterocycles. The topological polar surface area (TPSA) is 68.3 Å². The fraction of sp³-hybridized carbons (Fsp3) is 0.143. The summed E-state index contributed by atoms with van der Waals surface area (Å²) in [5, 5.41) is 9.84. The first kappa shape index (κ1) is 10.6. The smallest absolute Gasteiger partial charge is 0.120 e. The summed E-state index contributed by atoms with van der Waals surface area (Å²) in [5.74, 6) is 0.706. The van der Waals surface area contributed by atoms with Crippen molar-refractivity contribution in [2.45, 2.75) is 13.3 Å². The quantitative estimate of drug-likeness (QED) is 0.718. The number of hydrogen-bond donors (Lipinski definition) is 2. The lowest BCUT2D eigenvalue weighted by atomic mass is 10.1. The lowest BCUT2D eigenvalue weighted by Crippen LogP contribution is -1.84. The predicted octanol–water partition coefficient (Wildman–Crippen LogP) is 2.93. The van der Waals surface area contributed by atoms with Crippen LogP contribution in [0.15, 0.2) is 30.5 Å². The van der Waals surface area contributed by atoms with E-state index >= 15 is 0 Å². The number of nitrogens with zero attached hydrogens (tertiary/aromatic N) is 2. The standard InChI is InChI=1S/C14H12N4/c1-9-14(10-4-2-3-5-11(10)17-9)12-8-16-13(18-12)6-7-15/h2-5,8,17H,6H2,1H3,(H,16,18). The van der Waals surface area contributed by atoms with Crippen LogP contribution in [-0.2, 0) is 6.42 Å². The molecule has 3 rings (SSSR count). The van der Waals surface area contributed by atoms with Gasteiger partial charge in [-0.1, -0.05) is 18.2 Å². The molecular weight excluding hydrogens is 224 g/mol. The van der Waals surface area contributed by atoms with Crippen molar-refractivity contribution in [3.05, 3.63) is 42.0 Å². The maximum atomic E-state index is 8.67. The third-order valence-electron chi connectivity index (χ3n) is 3.04. The number of benzene rings is 1. The summed E-state index contributed by atoms with van der Waals surface area (Å²) in [5.41, 5.74) is 4.29. The van der Waals surface area contributed by atoms with Crippen molar-refractivity contribution in [1.82, 2.24) is 15.0 Å². The number of aromatic amines is 2. The molecule has 0 atom stereocenters. The minimum atomic E-state index is 0.307.